The highest BCUT2D eigenvalue weighted by Gasteiger charge is 2.41. The molecule has 0 saturated carbocycles. The average molecular weight is 264 g/mol. The van der Waals surface area contributed by atoms with Gasteiger partial charge in [0.1, 0.15) is 12.4 Å². The smallest absolute Gasteiger partial charge is 0.243 e. The lowest BCUT2D eigenvalue weighted by molar-refractivity contribution is 0.177. The zero-order valence-electron chi connectivity index (χ0n) is 11.4. The van der Waals surface area contributed by atoms with E-state index >= 15 is 0 Å². The monoisotopic (exact) mass is 264 g/mol. The summed E-state index contributed by atoms with van der Waals surface area (Å²) in [5.41, 5.74) is 6.89. The van der Waals surface area contributed by atoms with E-state index in [1.165, 1.54) is 0 Å². The van der Waals surface area contributed by atoms with Crippen LogP contribution in [-0.4, -0.2) is 42.1 Å². The third kappa shape index (κ3) is 2.11. The van der Waals surface area contributed by atoms with Crippen LogP contribution in [0.5, 0.6) is 5.88 Å². The number of imidazole rings is 1. The van der Waals surface area contributed by atoms with Gasteiger partial charge in [0.05, 0.1) is 5.69 Å². The van der Waals surface area contributed by atoms with Crippen LogP contribution in [0.2, 0.25) is 0 Å². The van der Waals surface area contributed by atoms with Gasteiger partial charge in [-0.15, -0.1) is 0 Å². The fraction of sp³-hybridized carbons (Fsp3) is 0.615. The number of nitrogens with two attached hydrogens (primary N) is 1. The van der Waals surface area contributed by atoms with Gasteiger partial charge in [0, 0.05) is 12.5 Å². The molecule has 1 spiro atoms. The van der Waals surface area contributed by atoms with E-state index in [1.54, 1.807) is 7.11 Å². The lowest BCUT2D eigenvalue weighted by Gasteiger charge is -2.39. The number of aromatic nitrogens is 2. The normalized spacial score (nSPS) is 21.9. The first kappa shape index (κ1) is 12.5. The van der Waals surface area contributed by atoms with E-state index < -0.39 is 0 Å². The Morgan fingerprint density at radius 3 is 2.95 bits per heavy atom. The summed E-state index contributed by atoms with van der Waals surface area (Å²) in [6.45, 7) is 2.54. The molecule has 0 radical (unpaired) electrons. The Morgan fingerprint density at radius 2 is 2.26 bits per heavy atom. The second-order valence-corrected chi connectivity index (χ2v) is 5.40. The van der Waals surface area contributed by atoms with Crippen LogP contribution in [0.4, 0.5) is 0 Å². The molecule has 0 unspecified atom stereocenters. The summed E-state index contributed by atoms with van der Waals surface area (Å²) in [5.74, 6) is 1.85. The minimum absolute atomic E-state index is 0.0663. The Balaban J connectivity index is 1.98. The van der Waals surface area contributed by atoms with Gasteiger partial charge < -0.3 is 25.1 Å². The van der Waals surface area contributed by atoms with Crippen molar-refractivity contribution >= 4 is 0 Å². The summed E-state index contributed by atoms with van der Waals surface area (Å²) in [4.78, 5) is 10.1. The van der Waals surface area contributed by atoms with Gasteiger partial charge in [-0.1, -0.05) is 0 Å². The second kappa shape index (κ2) is 4.54. The lowest BCUT2D eigenvalue weighted by Crippen LogP contribution is -2.42. The zero-order chi connectivity index (χ0) is 13.5. The molecule has 19 heavy (non-hydrogen) atoms. The number of likely N-dealkylation sites (tertiary alicyclic amines) is 1. The number of hydrogen-bond acceptors (Lipinski definition) is 5. The molecule has 1 aromatic rings. The van der Waals surface area contributed by atoms with Crippen molar-refractivity contribution in [2.24, 2.45) is 5.73 Å². The van der Waals surface area contributed by atoms with Crippen LogP contribution in [0, 0.1) is 0 Å². The fourth-order valence-corrected chi connectivity index (χ4v) is 2.92. The van der Waals surface area contributed by atoms with Crippen LogP contribution in [0.25, 0.3) is 0 Å². The third-order valence-corrected chi connectivity index (χ3v) is 4.01. The molecule has 3 N–H and O–H groups in total. The van der Waals surface area contributed by atoms with Crippen molar-refractivity contribution < 1.29 is 9.47 Å². The number of aromatic amines is 1. The summed E-state index contributed by atoms with van der Waals surface area (Å²) in [7, 11) is 3.80. The molecule has 2 aliphatic rings. The third-order valence-electron chi connectivity index (χ3n) is 4.01. The highest BCUT2D eigenvalue weighted by Crippen LogP contribution is 2.43. The Bertz CT molecular complexity index is 501. The zero-order valence-corrected chi connectivity index (χ0v) is 11.4. The minimum Gasteiger partial charge on any atom is -0.422 e. The molecule has 1 saturated heterocycles. The van der Waals surface area contributed by atoms with E-state index in [0.717, 1.165) is 37.4 Å². The second-order valence-electron chi connectivity index (χ2n) is 5.40. The Kier molecular flexibility index (Phi) is 2.99. The molecule has 0 aliphatic carbocycles. The largest absolute Gasteiger partial charge is 0.422 e. The molecule has 0 bridgehead atoms. The van der Waals surface area contributed by atoms with Crippen LogP contribution in [0.3, 0.4) is 0 Å². The molecule has 104 valence electrons. The Morgan fingerprint density at radius 1 is 1.53 bits per heavy atom. The van der Waals surface area contributed by atoms with Gasteiger partial charge in [-0.3, -0.25) is 0 Å². The average Bonchev–Trinajstić information content (AvgIpc) is 2.77. The van der Waals surface area contributed by atoms with Crippen molar-refractivity contribution in [2.45, 2.75) is 24.9 Å². The number of ether oxygens (including phenoxy) is 2. The van der Waals surface area contributed by atoms with Crippen LogP contribution in [0.1, 0.15) is 24.4 Å². The van der Waals surface area contributed by atoms with Crippen molar-refractivity contribution in [3.05, 3.63) is 23.5 Å². The summed E-state index contributed by atoms with van der Waals surface area (Å²) in [6.07, 6.45) is 4.08. The number of nitrogens with zero attached hydrogens (tertiary/aromatic N) is 2. The number of allylic oxidation sites excluding steroid dienone is 1. The number of methoxy groups -OCH3 is 1. The van der Waals surface area contributed by atoms with Gasteiger partial charge in [-0.05, 0) is 39.1 Å². The molecule has 2 aliphatic heterocycles. The van der Waals surface area contributed by atoms with Crippen LogP contribution in [0.15, 0.2) is 12.0 Å². The predicted molar refractivity (Wildman–Crippen MR) is 70.6 cm³/mol. The number of nitrogens with one attached hydrogen (secondary N) is 1. The first-order chi connectivity index (χ1) is 9.13. The van der Waals surface area contributed by atoms with E-state index in [-0.39, 0.29) is 5.41 Å². The highest BCUT2D eigenvalue weighted by atomic mass is 16.5. The molecular weight excluding hydrogens is 244 g/mol. The van der Waals surface area contributed by atoms with E-state index in [0.29, 0.717) is 18.4 Å². The summed E-state index contributed by atoms with van der Waals surface area (Å²) < 4.78 is 10.7. The van der Waals surface area contributed by atoms with Crippen molar-refractivity contribution in [1.29, 1.82) is 0 Å². The summed E-state index contributed by atoms with van der Waals surface area (Å²) >= 11 is 0. The topological polar surface area (TPSA) is 76.4 Å². The van der Waals surface area contributed by atoms with Crippen LogP contribution >= 0.6 is 0 Å². The molecule has 1 fully saturated rings. The molecule has 6 nitrogen and oxygen atoms in total. The molecule has 0 amide bonds. The minimum atomic E-state index is -0.0663. The van der Waals surface area contributed by atoms with Gasteiger partial charge in [0.25, 0.3) is 0 Å². The van der Waals surface area contributed by atoms with Gasteiger partial charge in [0.2, 0.25) is 5.88 Å². The van der Waals surface area contributed by atoms with E-state index in [1.807, 2.05) is 6.08 Å². The first-order valence-electron chi connectivity index (χ1n) is 6.56. The molecule has 6 heteroatoms. The highest BCUT2D eigenvalue weighted by molar-refractivity contribution is 5.40. The number of rotatable bonds is 2. The molecule has 3 heterocycles. The first-order valence-corrected chi connectivity index (χ1v) is 6.56. The van der Waals surface area contributed by atoms with Crippen molar-refractivity contribution in [3.8, 4) is 5.88 Å². The quantitative estimate of drug-likeness (QED) is 0.823. The van der Waals surface area contributed by atoms with E-state index in [9.17, 15) is 0 Å². The Hall–Kier alpha value is -1.53. The lowest BCUT2D eigenvalue weighted by atomic mass is 9.75. The standard InChI is InChI=1S/C13H20N4O2/c1-17-5-3-13(4-6-17)7-9(14)19-12-11(13)15-10(16-12)8-18-2/h7H,3-6,8,14H2,1-2H3,(H,15,16). The van der Waals surface area contributed by atoms with Crippen LogP contribution < -0.4 is 10.5 Å². The number of hydrogen-bond donors (Lipinski definition) is 2. The summed E-state index contributed by atoms with van der Waals surface area (Å²) in [6, 6.07) is 0. The van der Waals surface area contributed by atoms with Gasteiger partial charge in [0.15, 0.2) is 5.88 Å². The fourth-order valence-electron chi connectivity index (χ4n) is 2.92. The maximum Gasteiger partial charge on any atom is 0.243 e. The Labute approximate surface area is 112 Å². The van der Waals surface area contributed by atoms with Crippen molar-refractivity contribution in [3.63, 3.8) is 0 Å². The predicted octanol–water partition coefficient (Wildman–Crippen LogP) is 0.712. The molecule has 0 atom stereocenters. The summed E-state index contributed by atoms with van der Waals surface area (Å²) in [5, 5.41) is 0. The molecule has 3 rings (SSSR count). The van der Waals surface area contributed by atoms with Crippen LogP contribution in [-0.2, 0) is 16.8 Å². The van der Waals surface area contributed by atoms with Crippen molar-refractivity contribution in [2.75, 3.05) is 27.2 Å². The van der Waals surface area contributed by atoms with E-state index in [2.05, 4.69) is 21.9 Å². The SMILES string of the molecule is COCc1nc2c([nH]1)C1(C=C(N)O2)CCN(C)CC1. The van der Waals surface area contributed by atoms with Gasteiger partial charge in [-0.25, -0.2) is 0 Å². The van der Waals surface area contributed by atoms with Crippen molar-refractivity contribution in [1.82, 2.24) is 14.9 Å². The number of piperidine rings is 1. The van der Waals surface area contributed by atoms with E-state index in [4.69, 9.17) is 15.2 Å². The van der Waals surface area contributed by atoms with Gasteiger partial charge >= 0.3 is 0 Å². The maximum atomic E-state index is 5.91. The maximum absolute atomic E-state index is 5.91. The number of H-pyrrole nitrogens is 1. The molecule has 1 aromatic heterocycles. The van der Waals surface area contributed by atoms with Gasteiger partial charge in [-0.2, -0.15) is 4.98 Å². The number of fused-ring (bicyclic) bond motifs is 2. The molecular formula is C13H20N4O2. The molecule has 0 aromatic carbocycles.